The highest BCUT2D eigenvalue weighted by Crippen LogP contribution is 2.31. The lowest BCUT2D eigenvalue weighted by atomic mass is 10.0. The first-order valence-corrected chi connectivity index (χ1v) is 9.01. The summed E-state index contributed by atoms with van der Waals surface area (Å²) in [6.07, 6.45) is 1.85. The third-order valence-corrected chi connectivity index (χ3v) is 4.92. The lowest BCUT2D eigenvalue weighted by Gasteiger charge is -2.26. The van der Waals surface area contributed by atoms with Crippen molar-refractivity contribution in [2.45, 2.75) is 13.5 Å². The number of benzene rings is 1. The molecule has 1 amide bonds. The van der Waals surface area contributed by atoms with E-state index in [4.69, 9.17) is 10.5 Å². The van der Waals surface area contributed by atoms with Crippen LogP contribution in [0.15, 0.2) is 30.5 Å². The number of hydrogen-bond acceptors (Lipinski definition) is 4. The fraction of sp³-hybridized carbons (Fsp3) is 0.300. The first kappa shape index (κ1) is 18.5. The van der Waals surface area contributed by atoms with Crippen LogP contribution in [0.5, 0.6) is 0 Å². The van der Waals surface area contributed by atoms with Crippen LogP contribution in [0, 0.1) is 18.6 Å². The summed E-state index contributed by atoms with van der Waals surface area (Å²) in [6, 6.07) is 5.69. The Hall–Kier alpha value is -2.84. The minimum atomic E-state index is -0.886. The summed E-state index contributed by atoms with van der Waals surface area (Å²) in [5, 5.41) is 0. The van der Waals surface area contributed by atoms with E-state index in [1.54, 1.807) is 0 Å². The molecule has 1 aliphatic heterocycles. The van der Waals surface area contributed by atoms with Gasteiger partial charge in [0.2, 0.25) is 5.91 Å². The van der Waals surface area contributed by atoms with E-state index in [9.17, 15) is 13.6 Å². The van der Waals surface area contributed by atoms with E-state index < -0.39 is 17.5 Å². The Bertz CT molecular complexity index is 1030. The Morgan fingerprint density at radius 1 is 1.21 bits per heavy atom. The topological polar surface area (TPSA) is 72.9 Å². The molecule has 0 spiro atoms. The van der Waals surface area contributed by atoms with Gasteiger partial charge in [-0.15, -0.1) is 0 Å². The average molecular weight is 386 g/mol. The van der Waals surface area contributed by atoms with Gasteiger partial charge in [0, 0.05) is 31.4 Å². The second kappa shape index (κ2) is 7.29. The predicted molar refractivity (Wildman–Crippen MR) is 99.9 cm³/mol. The summed E-state index contributed by atoms with van der Waals surface area (Å²) in [5.74, 6) is -2.61. The number of amides is 1. The zero-order valence-corrected chi connectivity index (χ0v) is 15.4. The van der Waals surface area contributed by atoms with Gasteiger partial charge < -0.3 is 14.9 Å². The van der Waals surface area contributed by atoms with Crippen LogP contribution >= 0.6 is 0 Å². The molecule has 1 saturated heterocycles. The predicted octanol–water partition coefficient (Wildman–Crippen LogP) is 2.52. The van der Waals surface area contributed by atoms with E-state index in [-0.39, 0.29) is 16.8 Å². The standard InChI is InChI=1S/C20H20F2N4O2/c1-12-2-3-26-16(11-25-4-6-28-7-5-25)19(24-17(26)8-12)18-14(21)9-13(20(23)27)10-15(18)22/h2-3,8-10H,4-7,11H2,1H3,(H2,23,27). The molecule has 6 nitrogen and oxygen atoms in total. The number of nitrogens with zero attached hydrogens (tertiary/aromatic N) is 3. The van der Waals surface area contributed by atoms with E-state index in [2.05, 4.69) is 9.88 Å². The van der Waals surface area contributed by atoms with Crippen molar-refractivity contribution in [3.05, 3.63) is 58.9 Å². The number of aryl methyl sites for hydroxylation is 1. The lowest BCUT2D eigenvalue weighted by Crippen LogP contribution is -2.36. The van der Waals surface area contributed by atoms with Crippen molar-refractivity contribution < 1.29 is 18.3 Å². The van der Waals surface area contributed by atoms with Crippen LogP contribution in [0.1, 0.15) is 21.6 Å². The Balaban J connectivity index is 1.88. The number of aromatic nitrogens is 2. The number of morpholine rings is 1. The molecule has 8 heteroatoms. The van der Waals surface area contributed by atoms with Gasteiger partial charge >= 0.3 is 0 Å². The number of hydrogen-bond donors (Lipinski definition) is 1. The largest absolute Gasteiger partial charge is 0.379 e. The Morgan fingerprint density at radius 2 is 1.89 bits per heavy atom. The summed E-state index contributed by atoms with van der Waals surface area (Å²) in [5.41, 5.74) is 7.20. The fourth-order valence-electron chi connectivity index (χ4n) is 3.46. The summed E-state index contributed by atoms with van der Waals surface area (Å²) >= 11 is 0. The maximum Gasteiger partial charge on any atom is 0.248 e. The molecule has 3 heterocycles. The van der Waals surface area contributed by atoms with Crippen LogP contribution in [0.3, 0.4) is 0 Å². The number of imidazole rings is 1. The summed E-state index contributed by atoms with van der Waals surface area (Å²) in [6.45, 7) is 5.08. The molecule has 2 aromatic heterocycles. The number of fused-ring (bicyclic) bond motifs is 1. The van der Waals surface area contributed by atoms with Gasteiger partial charge in [-0.1, -0.05) is 0 Å². The molecule has 0 atom stereocenters. The molecule has 0 saturated carbocycles. The highest BCUT2D eigenvalue weighted by atomic mass is 19.1. The smallest absolute Gasteiger partial charge is 0.248 e. The van der Waals surface area contributed by atoms with Crippen molar-refractivity contribution in [3.8, 4) is 11.3 Å². The van der Waals surface area contributed by atoms with E-state index in [1.165, 1.54) is 0 Å². The van der Waals surface area contributed by atoms with Gasteiger partial charge in [-0.05, 0) is 36.8 Å². The van der Waals surface area contributed by atoms with Gasteiger partial charge in [0.1, 0.15) is 17.3 Å². The molecular weight excluding hydrogens is 366 g/mol. The van der Waals surface area contributed by atoms with Crippen molar-refractivity contribution in [2.75, 3.05) is 26.3 Å². The van der Waals surface area contributed by atoms with E-state index in [1.807, 2.05) is 29.7 Å². The molecule has 0 unspecified atom stereocenters. The monoisotopic (exact) mass is 386 g/mol. The molecule has 28 heavy (non-hydrogen) atoms. The minimum Gasteiger partial charge on any atom is -0.379 e. The number of pyridine rings is 1. The zero-order valence-electron chi connectivity index (χ0n) is 15.4. The molecule has 4 rings (SSSR count). The third kappa shape index (κ3) is 3.36. The molecule has 1 aliphatic rings. The SMILES string of the molecule is Cc1ccn2c(CN3CCOCC3)c(-c3c(F)cc(C(N)=O)cc3F)nc2c1. The van der Waals surface area contributed by atoms with Crippen molar-refractivity contribution in [1.82, 2.24) is 14.3 Å². The highest BCUT2D eigenvalue weighted by molar-refractivity contribution is 5.93. The summed E-state index contributed by atoms with van der Waals surface area (Å²) in [7, 11) is 0. The minimum absolute atomic E-state index is 0.215. The van der Waals surface area contributed by atoms with Crippen LogP contribution in [-0.4, -0.2) is 46.5 Å². The van der Waals surface area contributed by atoms with Gasteiger partial charge in [0.05, 0.1) is 30.2 Å². The molecule has 0 bridgehead atoms. The second-order valence-electron chi connectivity index (χ2n) is 6.91. The van der Waals surface area contributed by atoms with Gasteiger partial charge in [-0.2, -0.15) is 0 Å². The fourth-order valence-corrected chi connectivity index (χ4v) is 3.46. The number of primary amides is 1. The first-order valence-electron chi connectivity index (χ1n) is 9.01. The summed E-state index contributed by atoms with van der Waals surface area (Å²) < 4.78 is 36.8. The van der Waals surface area contributed by atoms with Gasteiger partial charge in [-0.25, -0.2) is 13.8 Å². The second-order valence-corrected chi connectivity index (χ2v) is 6.91. The molecule has 2 N–H and O–H groups in total. The first-order chi connectivity index (χ1) is 13.4. The molecular formula is C20H20F2N4O2. The average Bonchev–Trinajstić information content (AvgIpc) is 2.99. The molecule has 3 aromatic rings. The molecule has 1 aromatic carbocycles. The number of rotatable bonds is 4. The van der Waals surface area contributed by atoms with Gasteiger partial charge in [0.25, 0.3) is 0 Å². The molecule has 1 fully saturated rings. The van der Waals surface area contributed by atoms with Crippen molar-refractivity contribution >= 4 is 11.6 Å². The van der Waals surface area contributed by atoms with Crippen molar-refractivity contribution in [2.24, 2.45) is 5.73 Å². The third-order valence-electron chi connectivity index (χ3n) is 4.92. The number of carbonyl (C=O) groups is 1. The van der Waals surface area contributed by atoms with Crippen LogP contribution in [0.4, 0.5) is 8.78 Å². The Kier molecular flexibility index (Phi) is 4.82. The quantitative estimate of drug-likeness (QED) is 0.748. The zero-order chi connectivity index (χ0) is 19.8. The van der Waals surface area contributed by atoms with E-state index >= 15 is 0 Å². The Labute approximate surface area is 160 Å². The van der Waals surface area contributed by atoms with Crippen LogP contribution in [-0.2, 0) is 11.3 Å². The number of nitrogens with two attached hydrogens (primary N) is 1. The van der Waals surface area contributed by atoms with Crippen LogP contribution in [0.2, 0.25) is 0 Å². The van der Waals surface area contributed by atoms with Crippen LogP contribution < -0.4 is 5.73 Å². The Morgan fingerprint density at radius 3 is 2.54 bits per heavy atom. The molecule has 0 aliphatic carbocycles. The van der Waals surface area contributed by atoms with Crippen molar-refractivity contribution in [1.29, 1.82) is 0 Å². The summed E-state index contributed by atoms with van der Waals surface area (Å²) in [4.78, 5) is 18.0. The maximum absolute atomic E-state index is 14.8. The van der Waals surface area contributed by atoms with Crippen molar-refractivity contribution in [3.63, 3.8) is 0 Å². The number of carbonyl (C=O) groups excluding carboxylic acids is 1. The number of ether oxygens (including phenoxy) is 1. The highest BCUT2D eigenvalue weighted by Gasteiger charge is 2.24. The van der Waals surface area contributed by atoms with E-state index in [0.29, 0.717) is 31.1 Å². The maximum atomic E-state index is 14.8. The molecule has 0 radical (unpaired) electrons. The van der Waals surface area contributed by atoms with Gasteiger partial charge in [0.15, 0.2) is 0 Å². The van der Waals surface area contributed by atoms with Gasteiger partial charge in [-0.3, -0.25) is 9.69 Å². The lowest BCUT2D eigenvalue weighted by molar-refractivity contribution is 0.0336. The molecule has 146 valence electrons. The number of halogens is 2. The van der Waals surface area contributed by atoms with E-state index in [0.717, 1.165) is 30.8 Å². The van der Waals surface area contributed by atoms with Crippen LogP contribution in [0.25, 0.3) is 16.9 Å². The normalized spacial score (nSPS) is 15.2.